The summed E-state index contributed by atoms with van der Waals surface area (Å²) in [6.45, 7) is 6.46. The van der Waals surface area contributed by atoms with E-state index in [4.69, 9.17) is 0 Å². The van der Waals surface area contributed by atoms with E-state index in [1.54, 1.807) is 6.08 Å². The lowest BCUT2D eigenvalue weighted by Gasteiger charge is -2.36. The number of carbonyl (C=O) groups is 1. The van der Waals surface area contributed by atoms with Crippen molar-refractivity contribution in [1.82, 2.24) is 0 Å². The molecule has 2 rings (SSSR count). The molecule has 2 saturated carbocycles. The van der Waals surface area contributed by atoms with Gasteiger partial charge in [0.2, 0.25) is 0 Å². The molecule has 3 atom stereocenters. The van der Waals surface area contributed by atoms with Crippen molar-refractivity contribution >= 4 is 5.97 Å². The summed E-state index contributed by atoms with van der Waals surface area (Å²) in [5.74, 6) is -0.753. The van der Waals surface area contributed by atoms with Gasteiger partial charge in [0.1, 0.15) is 0 Å². The van der Waals surface area contributed by atoms with Gasteiger partial charge in [0, 0.05) is 17.8 Å². The summed E-state index contributed by atoms with van der Waals surface area (Å²) in [5.41, 5.74) is 0.877. The van der Waals surface area contributed by atoms with Gasteiger partial charge >= 0.3 is 0 Å². The molecule has 0 aromatic heterocycles. The van der Waals surface area contributed by atoms with E-state index < -0.39 is 12.1 Å². The maximum atomic E-state index is 10.5. The Balaban J connectivity index is 2.33. The topological polar surface area (TPSA) is 60.4 Å². The van der Waals surface area contributed by atoms with Crippen molar-refractivity contribution in [1.29, 1.82) is 0 Å². The Labute approximate surface area is 96.2 Å². The molecular weight excluding hydrogens is 204 g/mol. The molecule has 0 spiro atoms. The summed E-state index contributed by atoms with van der Waals surface area (Å²) in [6, 6.07) is 0. The van der Waals surface area contributed by atoms with Gasteiger partial charge in [-0.2, -0.15) is 0 Å². The number of carbonyl (C=O) groups excluding carboxylic acids is 1. The number of rotatable bonds is 2. The predicted molar refractivity (Wildman–Crippen MR) is 58.3 cm³/mol. The summed E-state index contributed by atoms with van der Waals surface area (Å²) >= 11 is 0. The molecule has 0 aromatic rings. The fraction of sp³-hybridized carbons (Fsp3) is 0.769. The van der Waals surface area contributed by atoms with Crippen molar-refractivity contribution in [2.45, 2.75) is 46.1 Å². The Kier molecular flexibility index (Phi) is 2.42. The molecule has 16 heavy (non-hydrogen) atoms. The highest BCUT2D eigenvalue weighted by atomic mass is 16.4. The first-order valence-electron chi connectivity index (χ1n) is 5.88. The van der Waals surface area contributed by atoms with Gasteiger partial charge in [-0.1, -0.05) is 26.8 Å². The Hall–Kier alpha value is -0.830. The monoisotopic (exact) mass is 223 g/mol. The van der Waals surface area contributed by atoms with E-state index in [0.29, 0.717) is 5.92 Å². The first-order valence-corrected chi connectivity index (χ1v) is 5.88. The van der Waals surface area contributed by atoms with Crippen LogP contribution < -0.4 is 5.11 Å². The fourth-order valence-corrected chi connectivity index (χ4v) is 3.61. The first kappa shape index (κ1) is 11.6. The molecule has 3 nitrogen and oxygen atoms in total. The van der Waals surface area contributed by atoms with Gasteiger partial charge in [-0.3, -0.25) is 0 Å². The van der Waals surface area contributed by atoms with Gasteiger partial charge in [0.05, 0.1) is 6.10 Å². The molecular formula is C13H19O3-. The van der Waals surface area contributed by atoms with E-state index in [2.05, 4.69) is 20.8 Å². The lowest BCUT2D eigenvalue weighted by molar-refractivity contribution is -0.304. The minimum absolute atomic E-state index is 0.0597. The van der Waals surface area contributed by atoms with Gasteiger partial charge in [-0.25, -0.2) is 0 Å². The van der Waals surface area contributed by atoms with Crippen molar-refractivity contribution in [3.8, 4) is 0 Å². The van der Waals surface area contributed by atoms with Crippen LogP contribution >= 0.6 is 0 Å². The Morgan fingerprint density at radius 1 is 1.56 bits per heavy atom. The number of carboxylic acid groups (broad SMARTS) is 1. The summed E-state index contributed by atoms with van der Waals surface area (Å²) in [6.07, 6.45) is 3.17. The smallest absolute Gasteiger partial charge is 0.0811 e. The zero-order valence-electron chi connectivity index (χ0n) is 10.1. The summed E-state index contributed by atoms with van der Waals surface area (Å²) in [4.78, 5) is 10.5. The van der Waals surface area contributed by atoms with Gasteiger partial charge in [-0.05, 0) is 29.7 Å². The molecule has 2 aliphatic rings. The number of fused-ring (bicyclic) bond motifs is 2. The first-order chi connectivity index (χ1) is 7.30. The normalized spacial score (nSPS) is 42.9. The molecule has 0 aromatic carbocycles. The van der Waals surface area contributed by atoms with E-state index in [-0.39, 0.29) is 17.3 Å². The maximum Gasteiger partial charge on any atom is 0.0811 e. The molecule has 0 saturated heterocycles. The van der Waals surface area contributed by atoms with Crippen molar-refractivity contribution in [3.63, 3.8) is 0 Å². The van der Waals surface area contributed by atoms with Crippen LogP contribution in [0.3, 0.4) is 0 Å². The van der Waals surface area contributed by atoms with Gasteiger partial charge in [0.25, 0.3) is 0 Å². The van der Waals surface area contributed by atoms with Crippen LogP contribution in [0.2, 0.25) is 0 Å². The second-order valence-corrected chi connectivity index (χ2v) is 5.91. The summed E-state index contributed by atoms with van der Waals surface area (Å²) in [5, 5.41) is 20.8. The van der Waals surface area contributed by atoms with Crippen LogP contribution in [0, 0.1) is 16.7 Å². The molecule has 2 aliphatic carbocycles. The van der Waals surface area contributed by atoms with Crippen molar-refractivity contribution < 1.29 is 15.0 Å². The van der Waals surface area contributed by atoms with Crippen LogP contribution in [-0.4, -0.2) is 17.2 Å². The third-order valence-electron chi connectivity index (χ3n) is 5.12. The third kappa shape index (κ3) is 1.27. The zero-order chi connectivity index (χ0) is 12.1. The second kappa shape index (κ2) is 3.33. The van der Waals surface area contributed by atoms with Crippen LogP contribution in [0.1, 0.15) is 40.0 Å². The number of carboxylic acids is 1. The highest BCUT2D eigenvalue weighted by Gasteiger charge is 2.63. The highest BCUT2D eigenvalue weighted by molar-refractivity contribution is 5.66. The Morgan fingerprint density at radius 3 is 2.62 bits per heavy atom. The van der Waals surface area contributed by atoms with E-state index in [0.717, 1.165) is 18.4 Å². The van der Waals surface area contributed by atoms with E-state index in [9.17, 15) is 15.0 Å². The van der Waals surface area contributed by atoms with E-state index >= 15 is 0 Å². The van der Waals surface area contributed by atoms with Crippen molar-refractivity contribution in [2.24, 2.45) is 16.7 Å². The standard InChI is InChI=1S/C13H20O3/c1-12(2)9-6-7-13(12,3)11(16)8(9)4-5-10(14)15/h4,9,11,16H,5-7H2,1-3H3,(H,14,15)/p-1/t9-,11-,13+/m1/s1. The summed E-state index contributed by atoms with van der Waals surface area (Å²) in [7, 11) is 0. The van der Waals surface area contributed by atoms with Gasteiger partial charge < -0.3 is 15.0 Å². The molecule has 90 valence electrons. The highest BCUT2D eigenvalue weighted by Crippen LogP contribution is 2.67. The van der Waals surface area contributed by atoms with Crippen LogP contribution in [0.25, 0.3) is 0 Å². The second-order valence-electron chi connectivity index (χ2n) is 5.91. The molecule has 0 amide bonds. The maximum absolute atomic E-state index is 10.5. The van der Waals surface area contributed by atoms with Crippen LogP contribution in [0.4, 0.5) is 0 Å². The average Bonchev–Trinajstić information content (AvgIpc) is 2.47. The minimum atomic E-state index is -1.08. The average molecular weight is 223 g/mol. The molecule has 3 heteroatoms. The molecule has 0 radical (unpaired) electrons. The molecule has 0 unspecified atom stereocenters. The predicted octanol–water partition coefficient (Wildman–Crippen LogP) is 0.870. The lowest BCUT2D eigenvalue weighted by atomic mass is 9.70. The van der Waals surface area contributed by atoms with E-state index in [1.807, 2.05) is 0 Å². The van der Waals surface area contributed by atoms with Gasteiger partial charge in [-0.15, -0.1) is 0 Å². The van der Waals surface area contributed by atoms with E-state index in [1.165, 1.54) is 0 Å². The molecule has 1 N–H and O–H groups in total. The summed E-state index contributed by atoms with van der Waals surface area (Å²) < 4.78 is 0. The Morgan fingerprint density at radius 2 is 2.19 bits per heavy atom. The largest absolute Gasteiger partial charge is 0.550 e. The van der Waals surface area contributed by atoms with Crippen LogP contribution in [0.5, 0.6) is 0 Å². The fourth-order valence-electron chi connectivity index (χ4n) is 3.61. The Bertz CT molecular complexity index is 356. The zero-order valence-corrected chi connectivity index (χ0v) is 10.1. The quantitative estimate of drug-likeness (QED) is 0.707. The SMILES string of the molecule is CC1(C)[C@@H]2CC[C@@]1(C)[C@H](O)C2=CCC(=O)[O-]. The number of hydrogen-bond acceptors (Lipinski definition) is 3. The molecule has 2 fully saturated rings. The van der Waals surface area contributed by atoms with Crippen LogP contribution in [0.15, 0.2) is 11.6 Å². The molecule has 2 bridgehead atoms. The van der Waals surface area contributed by atoms with Crippen LogP contribution in [-0.2, 0) is 4.79 Å². The number of aliphatic carboxylic acids is 1. The lowest BCUT2D eigenvalue weighted by Crippen LogP contribution is -2.35. The third-order valence-corrected chi connectivity index (χ3v) is 5.12. The van der Waals surface area contributed by atoms with Crippen molar-refractivity contribution in [3.05, 3.63) is 11.6 Å². The minimum Gasteiger partial charge on any atom is -0.550 e. The number of aliphatic hydroxyl groups excluding tert-OH is 1. The molecule has 0 aliphatic heterocycles. The van der Waals surface area contributed by atoms with Gasteiger partial charge in [0.15, 0.2) is 0 Å². The number of hydrogen-bond donors (Lipinski definition) is 1. The van der Waals surface area contributed by atoms with Crippen molar-refractivity contribution in [2.75, 3.05) is 0 Å². The number of aliphatic hydroxyl groups is 1. The molecule has 0 heterocycles.